The van der Waals surface area contributed by atoms with Crippen LogP contribution in [0.1, 0.15) is 5.56 Å². The van der Waals surface area contributed by atoms with Crippen LogP contribution in [0, 0.1) is 18.6 Å². The molecule has 0 aliphatic rings. The number of anilines is 2. The minimum absolute atomic E-state index is 0.457. The molecule has 1 heterocycles. The molecule has 1 aromatic heterocycles. The van der Waals surface area contributed by atoms with E-state index in [0.29, 0.717) is 28.6 Å². The van der Waals surface area contributed by atoms with Crippen LogP contribution < -0.4 is 14.8 Å². The lowest BCUT2D eigenvalue weighted by Crippen LogP contribution is -1.99. The molecule has 3 aromatic rings. The number of benzene rings is 2. The first-order chi connectivity index (χ1) is 12.5. The zero-order valence-corrected chi connectivity index (χ0v) is 14.5. The Balaban J connectivity index is 1.93. The third-order valence-corrected chi connectivity index (χ3v) is 3.88. The highest BCUT2D eigenvalue weighted by Gasteiger charge is 2.11. The van der Waals surface area contributed by atoms with Crippen molar-refractivity contribution in [1.82, 2.24) is 9.97 Å². The molecule has 0 saturated heterocycles. The number of aryl methyl sites for hydroxylation is 1. The SMILES string of the molecule is COc1cc(C)c(Nc2cc(-c3ccc(F)c(F)c3)ncn2)cc1OC. The molecule has 1 N–H and O–H groups in total. The predicted octanol–water partition coefficient (Wildman–Crippen LogP) is 4.49. The van der Waals surface area contributed by atoms with Gasteiger partial charge in [0, 0.05) is 23.4 Å². The van der Waals surface area contributed by atoms with Gasteiger partial charge in [-0.15, -0.1) is 0 Å². The van der Waals surface area contributed by atoms with Crippen LogP contribution in [-0.2, 0) is 0 Å². The number of methoxy groups -OCH3 is 2. The van der Waals surface area contributed by atoms with Gasteiger partial charge >= 0.3 is 0 Å². The van der Waals surface area contributed by atoms with E-state index in [4.69, 9.17) is 9.47 Å². The number of halogens is 2. The lowest BCUT2D eigenvalue weighted by atomic mass is 10.1. The minimum atomic E-state index is -0.925. The van der Waals surface area contributed by atoms with Crippen molar-refractivity contribution in [3.8, 4) is 22.8 Å². The molecule has 0 amide bonds. The molecule has 26 heavy (non-hydrogen) atoms. The first-order valence-electron chi connectivity index (χ1n) is 7.79. The monoisotopic (exact) mass is 357 g/mol. The lowest BCUT2D eigenvalue weighted by Gasteiger charge is -2.14. The Bertz CT molecular complexity index is 948. The molecular weight excluding hydrogens is 340 g/mol. The van der Waals surface area contributed by atoms with Crippen molar-refractivity contribution < 1.29 is 18.3 Å². The number of ether oxygens (including phenoxy) is 2. The van der Waals surface area contributed by atoms with Gasteiger partial charge in [-0.25, -0.2) is 18.7 Å². The molecule has 0 aliphatic heterocycles. The number of nitrogens with one attached hydrogen (secondary N) is 1. The first kappa shape index (κ1) is 17.6. The van der Waals surface area contributed by atoms with Gasteiger partial charge in [-0.3, -0.25) is 0 Å². The smallest absolute Gasteiger partial charge is 0.162 e. The summed E-state index contributed by atoms with van der Waals surface area (Å²) in [6.07, 6.45) is 1.36. The van der Waals surface area contributed by atoms with Gasteiger partial charge in [0.15, 0.2) is 23.1 Å². The zero-order chi connectivity index (χ0) is 18.7. The largest absolute Gasteiger partial charge is 0.493 e. The van der Waals surface area contributed by atoms with Crippen molar-refractivity contribution in [2.45, 2.75) is 6.92 Å². The normalized spacial score (nSPS) is 10.5. The summed E-state index contributed by atoms with van der Waals surface area (Å²) in [6, 6.07) is 8.93. The molecule has 0 bridgehead atoms. The molecular formula is C19H17F2N3O2. The van der Waals surface area contributed by atoms with Crippen molar-refractivity contribution >= 4 is 11.5 Å². The molecule has 0 unspecified atom stereocenters. The summed E-state index contributed by atoms with van der Waals surface area (Å²) >= 11 is 0. The van der Waals surface area contributed by atoms with E-state index in [2.05, 4.69) is 15.3 Å². The average molecular weight is 357 g/mol. The van der Waals surface area contributed by atoms with E-state index in [1.54, 1.807) is 26.4 Å². The van der Waals surface area contributed by atoms with Crippen LogP contribution in [0.4, 0.5) is 20.3 Å². The van der Waals surface area contributed by atoms with E-state index >= 15 is 0 Å². The van der Waals surface area contributed by atoms with Crippen LogP contribution in [-0.4, -0.2) is 24.2 Å². The topological polar surface area (TPSA) is 56.3 Å². The summed E-state index contributed by atoms with van der Waals surface area (Å²) in [6.45, 7) is 1.92. The van der Waals surface area contributed by atoms with Crippen LogP contribution in [0.2, 0.25) is 0 Å². The van der Waals surface area contributed by atoms with Crippen molar-refractivity contribution in [3.63, 3.8) is 0 Å². The molecule has 0 radical (unpaired) electrons. The van der Waals surface area contributed by atoms with Crippen LogP contribution in [0.5, 0.6) is 11.5 Å². The molecule has 0 atom stereocenters. The van der Waals surface area contributed by atoms with Gasteiger partial charge < -0.3 is 14.8 Å². The van der Waals surface area contributed by atoms with Crippen LogP contribution in [0.15, 0.2) is 42.7 Å². The minimum Gasteiger partial charge on any atom is -0.493 e. The van der Waals surface area contributed by atoms with E-state index in [1.807, 2.05) is 13.0 Å². The summed E-state index contributed by atoms with van der Waals surface area (Å²) in [5.74, 6) is -0.111. The van der Waals surface area contributed by atoms with E-state index in [9.17, 15) is 8.78 Å². The van der Waals surface area contributed by atoms with Gasteiger partial charge in [-0.2, -0.15) is 0 Å². The summed E-state index contributed by atoms with van der Waals surface area (Å²) < 4.78 is 37.2. The standard InChI is InChI=1S/C19H17F2N3O2/c1-11-6-17(25-2)18(26-3)8-15(11)24-19-9-16(22-10-23-19)12-4-5-13(20)14(21)7-12/h4-10H,1-3H3,(H,22,23,24). The van der Waals surface area contributed by atoms with E-state index in [-0.39, 0.29) is 0 Å². The highest BCUT2D eigenvalue weighted by molar-refractivity contribution is 5.69. The third-order valence-electron chi connectivity index (χ3n) is 3.88. The molecule has 0 spiro atoms. The fourth-order valence-corrected chi connectivity index (χ4v) is 2.49. The maximum atomic E-state index is 13.5. The Morgan fingerprint density at radius 2 is 1.62 bits per heavy atom. The molecule has 0 saturated carbocycles. The Morgan fingerprint density at radius 1 is 0.885 bits per heavy atom. The molecule has 0 aliphatic carbocycles. The van der Waals surface area contributed by atoms with Crippen LogP contribution >= 0.6 is 0 Å². The van der Waals surface area contributed by atoms with Crippen molar-refractivity contribution in [1.29, 1.82) is 0 Å². The molecule has 7 heteroatoms. The Morgan fingerprint density at radius 3 is 2.31 bits per heavy atom. The Hall–Kier alpha value is -3.22. The van der Waals surface area contributed by atoms with Crippen LogP contribution in [0.3, 0.4) is 0 Å². The van der Waals surface area contributed by atoms with Crippen molar-refractivity contribution in [2.24, 2.45) is 0 Å². The summed E-state index contributed by atoms with van der Waals surface area (Å²) in [5, 5.41) is 3.18. The second-order valence-electron chi connectivity index (χ2n) is 5.56. The molecule has 3 rings (SSSR count). The maximum Gasteiger partial charge on any atom is 0.162 e. The predicted molar refractivity (Wildman–Crippen MR) is 94.9 cm³/mol. The number of hydrogen-bond donors (Lipinski definition) is 1. The molecule has 134 valence electrons. The third kappa shape index (κ3) is 3.56. The fourth-order valence-electron chi connectivity index (χ4n) is 2.49. The van der Waals surface area contributed by atoms with E-state index < -0.39 is 11.6 Å². The van der Waals surface area contributed by atoms with Gasteiger partial charge in [-0.05, 0) is 36.8 Å². The number of aromatic nitrogens is 2. The van der Waals surface area contributed by atoms with Crippen molar-refractivity contribution in [3.05, 3.63) is 59.9 Å². The lowest BCUT2D eigenvalue weighted by molar-refractivity contribution is 0.355. The maximum absolute atomic E-state index is 13.5. The first-order valence-corrected chi connectivity index (χ1v) is 7.79. The fraction of sp³-hybridized carbons (Fsp3) is 0.158. The summed E-state index contributed by atoms with van der Waals surface area (Å²) in [4.78, 5) is 8.30. The molecule has 0 fully saturated rings. The highest BCUT2D eigenvalue weighted by Crippen LogP contribution is 2.34. The van der Waals surface area contributed by atoms with E-state index in [1.165, 1.54) is 12.4 Å². The quantitative estimate of drug-likeness (QED) is 0.729. The highest BCUT2D eigenvalue weighted by atomic mass is 19.2. The Kier molecular flexibility index (Phi) is 4.97. The van der Waals surface area contributed by atoms with Gasteiger partial charge in [0.25, 0.3) is 0 Å². The Labute approximate surface area is 149 Å². The summed E-state index contributed by atoms with van der Waals surface area (Å²) in [5.41, 5.74) is 2.63. The number of nitrogens with zero attached hydrogens (tertiary/aromatic N) is 2. The van der Waals surface area contributed by atoms with Crippen LogP contribution in [0.25, 0.3) is 11.3 Å². The van der Waals surface area contributed by atoms with Gasteiger partial charge in [0.1, 0.15) is 12.1 Å². The van der Waals surface area contributed by atoms with Gasteiger partial charge in [0.2, 0.25) is 0 Å². The average Bonchev–Trinajstić information content (AvgIpc) is 2.65. The molecule has 5 nitrogen and oxygen atoms in total. The van der Waals surface area contributed by atoms with Gasteiger partial charge in [0.05, 0.1) is 19.9 Å². The second-order valence-corrected chi connectivity index (χ2v) is 5.56. The van der Waals surface area contributed by atoms with Crippen molar-refractivity contribution in [2.75, 3.05) is 19.5 Å². The zero-order valence-electron chi connectivity index (χ0n) is 14.5. The summed E-state index contributed by atoms with van der Waals surface area (Å²) in [7, 11) is 3.13. The number of hydrogen-bond acceptors (Lipinski definition) is 5. The number of rotatable bonds is 5. The van der Waals surface area contributed by atoms with Gasteiger partial charge in [-0.1, -0.05) is 0 Å². The molecule has 2 aromatic carbocycles. The second kappa shape index (κ2) is 7.35. The van der Waals surface area contributed by atoms with E-state index in [0.717, 1.165) is 23.4 Å².